The van der Waals surface area contributed by atoms with Crippen molar-refractivity contribution in [1.29, 1.82) is 0 Å². The molecule has 7 N–H and O–H groups in total. The Morgan fingerprint density at radius 1 is 1.20 bits per heavy atom. The van der Waals surface area contributed by atoms with E-state index in [1.54, 1.807) is 0 Å². The summed E-state index contributed by atoms with van der Waals surface area (Å²) in [6.45, 7) is 6.62. The molecule has 0 fully saturated rings. The highest BCUT2D eigenvalue weighted by Gasteiger charge is 2.39. The molecular weight excluding hydrogens is 529 g/mol. The van der Waals surface area contributed by atoms with Gasteiger partial charge < -0.3 is 36.8 Å². The number of nitrogens with one attached hydrogen (secondary N) is 2. The number of aryl methyl sites for hydroxylation is 2. The Bertz CT molecular complexity index is 1050. The van der Waals surface area contributed by atoms with Crippen LogP contribution in [0.1, 0.15) is 50.8 Å². The van der Waals surface area contributed by atoms with Crippen LogP contribution in [0.2, 0.25) is 0 Å². The summed E-state index contributed by atoms with van der Waals surface area (Å²) in [5.74, 6) is -1.69. The summed E-state index contributed by atoms with van der Waals surface area (Å²) in [6.07, 6.45) is 0.334. The molecule has 224 valence electrons. The molecule has 2 heterocycles. The second kappa shape index (κ2) is 16.1. The number of carbonyl (C=O) groups is 2. The van der Waals surface area contributed by atoms with Crippen LogP contribution in [0.3, 0.4) is 0 Å². The standard InChI is InChI=1S/C27H41F3N6O4/c1-18(2)40-15-14-36(12-4-3-7-20-9-8-19-6-5-11-33-24(19)34-20)13-10-23(26(38)39)35-25(37)21(16-31)22(17-32)27(28,29)30/h8-9,16-18,23H,3-7,10-15,31-32H2,1-2H3,(H,33,34)(H,35,37)(H,38,39)/b21-16+,22-17+. The molecule has 10 nitrogen and oxygen atoms in total. The number of alkyl halides is 3. The zero-order valence-corrected chi connectivity index (χ0v) is 23.1. The Balaban J connectivity index is 1.96. The number of hydrogen-bond acceptors (Lipinski definition) is 8. The van der Waals surface area contributed by atoms with Crippen LogP contribution in [0.4, 0.5) is 19.0 Å². The van der Waals surface area contributed by atoms with Gasteiger partial charge in [0.25, 0.3) is 5.91 Å². The van der Waals surface area contributed by atoms with Gasteiger partial charge in [0.1, 0.15) is 11.9 Å². The third-order valence-corrected chi connectivity index (χ3v) is 6.48. The number of ether oxygens (including phenoxy) is 1. The van der Waals surface area contributed by atoms with Crippen LogP contribution in [-0.2, 0) is 27.2 Å². The Labute approximate surface area is 233 Å². The average Bonchev–Trinajstić information content (AvgIpc) is 2.89. The molecule has 13 heteroatoms. The van der Waals surface area contributed by atoms with Gasteiger partial charge in [-0.1, -0.05) is 6.07 Å². The number of anilines is 1. The van der Waals surface area contributed by atoms with E-state index in [1.165, 1.54) is 5.56 Å². The van der Waals surface area contributed by atoms with E-state index in [0.717, 1.165) is 50.2 Å². The first kappa shape index (κ1) is 32.9. The molecule has 40 heavy (non-hydrogen) atoms. The number of carbonyl (C=O) groups excluding carboxylic acids is 1. The fourth-order valence-corrected chi connectivity index (χ4v) is 4.33. The average molecular weight is 571 g/mol. The summed E-state index contributed by atoms with van der Waals surface area (Å²) < 4.78 is 45.3. The van der Waals surface area contributed by atoms with Gasteiger partial charge in [-0.05, 0) is 70.5 Å². The molecule has 0 saturated heterocycles. The molecule has 1 atom stereocenters. The number of carboxylic acids is 1. The molecule has 1 amide bonds. The molecular formula is C27H41F3N6O4. The molecule has 0 saturated carbocycles. The fourth-order valence-electron chi connectivity index (χ4n) is 4.33. The quantitative estimate of drug-likeness (QED) is 0.115. The number of halogens is 3. The highest BCUT2D eigenvalue weighted by molar-refractivity contribution is 5.99. The van der Waals surface area contributed by atoms with Crippen molar-refractivity contribution in [2.45, 2.75) is 70.7 Å². The molecule has 1 aromatic rings. The summed E-state index contributed by atoms with van der Waals surface area (Å²) in [5.41, 5.74) is 10.1. The van der Waals surface area contributed by atoms with Crippen molar-refractivity contribution >= 4 is 17.7 Å². The van der Waals surface area contributed by atoms with E-state index in [9.17, 15) is 27.9 Å². The van der Waals surface area contributed by atoms with Crippen molar-refractivity contribution in [3.05, 3.63) is 46.9 Å². The highest BCUT2D eigenvalue weighted by Crippen LogP contribution is 2.30. The zero-order valence-electron chi connectivity index (χ0n) is 23.1. The molecule has 0 aliphatic carbocycles. The number of pyridine rings is 1. The maximum Gasteiger partial charge on any atom is 0.418 e. The minimum absolute atomic E-state index is 0.0245. The lowest BCUT2D eigenvalue weighted by atomic mass is 10.1. The van der Waals surface area contributed by atoms with Gasteiger partial charge in [-0.15, -0.1) is 0 Å². The van der Waals surface area contributed by atoms with Gasteiger partial charge in [-0.25, -0.2) is 9.78 Å². The van der Waals surface area contributed by atoms with Crippen molar-refractivity contribution in [1.82, 2.24) is 15.2 Å². The van der Waals surface area contributed by atoms with Crippen LogP contribution in [0.5, 0.6) is 0 Å². The molecule has 1 aromatic heterocycles. The second-order valence-electron chi connectivity index (χ2n) is 9.87. The van der Waals surface area contributed by atoms with E-state index < -0.39 is 35.2 Å². The zero-order chi connectivity index (χ0) is 29.7. The van der Waals surface area contributed by atoms with Crippen molar-refractivity contribution in [3.63, 3.8) is 0 Å². The van der Waals surface area contributed by atoms with Gasteiger partial charge in [0.15, 0.2) is 0 Å². The number of nitrogens with two attached hydrogens (primary N) is 2. The lowest BCUT2D eigenvalue weighted by molar-refractivity contribution is -0.141. The molecule has 1 aliphatic rings. The first-order chi connectivity index (χ1) is 19.0. The van der Waals surface area contributed by atoms with Crippen LogP contribution >= 0.6 is 0 Å². The predicted octanol–water partition coefficient (Wildman–Crippen LogP) is 2.70. The molecule has 0 bridgehead atoms. The lowest BCUT2D eigenvalue weighted by Gasteiger charge is -2.25. The minimum Gasteiger partial charge on any atom is -0.480 e. The fraction of sp³-hybridized carbons (Fsp3) is 0.593. The van der Waals surface area contributed by atoms with Gasteiger partial charge in [0.05, 0.1) is 23.9 Å². The Kier molecular flexibility index (Phi) is 13.2. The number of fused-ring (bicyclic) bond motifs is 1. The van der Waals surface area contributed by atoms with E-state index in [4.69, 9.17) is 21.2 Å². The third-order valence-electron chi connectivity index (χ3n) is 6.48. The van der Waals surface area contributed by atoms with E-state index in [1.807, 2.05) is 24.8 Å². The number of carboxylic acid groups (broad SMARTS) is 1. The van der Waals surface area contributed by atoms with Crippen molar-refractivity contribution in [2.75, 3.05) is 38.1 Å². The van der Waals surface area contributed by atoms with E-state index >= 15 is 0 Å². The van der Waals surface area contributed by atoms with E-state index in [0.29, 0.717) is 25.9 Å². The number of aromatic nitrogens is 1. The molecule has 1 unspecified atom stereocenters. The molecule has 1 aliphatic heterocycles. The van der Waals surface area contributed by atoms with Gasteiger partial charge >= 0.3 is 12.1 Å². The van der Waals surface area contributed by atoms with E-state index in [2.05, 4.69) is 16.7 Å². The number of hydrogen-bond donors (Lipinski definition) is 5. The first-order valence-corrected chi connectivity index (χ1v) is 13.5. The van der Waals surface area contributed by atoms with E-state index in [-0.39, 0.29) is 25.3 Å². The van der Waals surface area contributed by atoms with Crippen molar-refractivity contribution in [2.24, 2.45) is 11.5 Å². The van der Waals surface area contributed by atoms with Gasteiger partial charge in [0, 0.05) is 37.7 Å². The number of amides is 1. The van der Waals surface area contributed by atoms with Crippen LogP contribution in [0, 0.1) is 0 Å². The monoisotopic (exact) mass is 570 g/mol. The number of rotatable bonds is 16. The van der Waals surface area contributed by atoms with Gasteiger partial charge in [-0.3, -0.25) is 4.79 Å². The summed E-state index contributed by atoms with van der Waals surface area (Å²) in [4.78, 5) is 31.1. The number of aliphatic carboxylic acids is 1. The van der Waals surface area contributed by atoms with Gasteiger partial charge in [-0.2, -0.15) is 13.2 Å². The lowest BCUT2D eigenvalue weighted by Crippen LogP contribution is -2.45. The molecule has 0 aromatic carbocycles. The second-order valence-corrected chi connectivity index (χ2v) is 9.87. The summed E-state index contributed by atoms with van der Waals surface area (Å²) in [7, 11) is 0. The van der Waals surface area contributed by atoms with Gasteiger partial charge in [0.2, 0.25) is 0 Å². The first-order valence-electron chi connectivity index (χ1n) is 13.5. The minimum atomic E-state index is -4.94. The topological polar surface area (TPSA) is 156 Å². The Morgan fingerprint density at radius 3 is 2.58 bits per heavy atom. The largest absolute Gasteiger partial charge is 0.480 e. The number of unbranched alkanes of at least 4 members (excludes halogenated alkanes) is 1. The Hall–Kier alpha value is -3.32. The normalized spacial score (nSPS) is 15.1. The van der Waals surface area contributed by atoms with Crippen LogP contribution in [0.25, 0.3) is 0 Å². The third kappa shape index (κ3) is 10.7. The molecule has 0 spiro atoms. The Morgan fingerprint density at radius 2 is 1.95 bits per heavy atom. The van der Waals surface area contributed by atoms with Crippen LogP contribution in [-0.4, -0.2) is 78.0 Å². The van der Waals surface area contributed by atoms with Crippen molar-refractivity contribution in [3.8, 4) is 0 Å². The number of nitrogens with zero attached hydrogens (tertiary/aromatic N) is 2. The summed E-state index contributed by atoms with van der Waals surface area (Å²) in [5, 5.41) is 15.1. The molecule has 0 radical (unpaired) electrons. The summed E-state index contributed by atoms with van der Waals surface area (Å²) in [6, 6.07) is 2.73. The van der Waals surface area contributed by atoms with Crippen LogP contribution in [0.15, 0.2) is 35.7 Å². The van der Waals surface area contributed by atoms with Crippen LogP contribution < -0.4 is 22.1 Å². The molecule has 2 rings (SSSR count). The smallest absolute Gasteiger partial charge is 0.418 e. The predicted molar refractivity (Wildman–Crippen MR) is 146 cm³/mol. The maximum absolute atomic E-state index is 13.2. The maximum atomic E-state index is 13.2. The summed E-state index contributed by atoms with van der Waals surface area (Å²) >= 11 is 0. The SMILES string of the molecule is CC(C)OCCN(CCCCc1ccc2c(n1)NCCC2)CCC(NC(=O)C(=C/N)/C(=C\N)C(F)(F)F)C(=O)O. The van der Waals surface area contributed by atoms with Crippen molar-refractivity contribution < 1.29 is 32.6 Å². The highest BCUT2D eigenvalue weighted by atomic mass is 19.4.